The predicted octanol–water partition coefficient (Wildman–Crippen LogP) is 3.70. The molecule has 0 saturated heterocycles. The van der Waals surface area contributed by atoms with E-state index in [1.807, 2.05) is 0 Å². The molecular weight excluding hydrogens is 269 g/mol. The first kappa shape index (κ1) is 12.1. The van der Waals surface area contributed by atoms with Gasteiger partial charge in [-0.25, -0.2) is 9.37 Å². The number of hydrogen-bond acceptors (Lipinski definition) is 3. The molecule has 3 rings (SSSR count). The van der Waals surface area contributed by atoms with Crippen molar-refractivity contribution in [1.29, 1.82) is 0 Å². The third kappa shape index (κ3) is 2.20. The molecule has 5 heteroatoms. The molecule has 3 aromatic rings. The predicted molar refractivity (Wildman–Crippen MR) is 69.5 cm³/mol. The highest BCUT2D eigenvalue weighted by Crippen LogP contribution is 2.29. The lowest BCUT2D eigenvalue weighted by atomic mass is 10.1. The summed E-state index contributed by atoms with van der Waals surface area (Å²) < 4.78 is 18.9. The maximum atomic E-state index is 13.5. The lowest BCUT2D eigenvalue weighted by molar-refractivity contribution is 0.191. The van der Waals surface area contributed by atoms with Crippen molar-refractivity contribution >= 4 is 22.6 Å². The van der Waals surface area contributed by atoms with Crippen molar-refractivity contribution in [1.82, 2.24) is 4.98 Å². The quantitative estimate of drug-likeness (QED) is 0.727. The first-order valence-corrected chi connectivity index (χ1v) is 6.00. The minimum Gasteiger partial charge on any atom is -0.455 e. The van der Waals surface area contributed by atoms with Gasteiger partial charge in [-0.2, -0.15) is 0 Å². The maximum Gasteiger partial charge on any atom is 0.170 e. The number of hydrogen-bond donors (Lipinski definition) is 1. The Balaban J connectivity index is 2.04. The van der Waals surface area contributed by atoms with Gasteiger partial charge in [-0.15, -0.1) is 0 Å². The molecule has 19 heavy (non-hydrogen) atoms. The molecule has 1 unspecified atom stereocenters. The summed E-state index contributed by atoms with van der Waals surface area (Å²) in [6.45, 7) is 0. The summed E-state index contributed by atoms with van der Waals surface area (Å²) in [7, 11) is 0. The summed E-state index contributed by atoms with van der Waals surface area (Å²) in [6, 6.07) is 9.45. The summed E-state index contributed by atoms with van der Waals surface area (Å²) in [6.07, 6.45) is 0.452. The second-order valence-electron chi connectivity index (χ2n) is 4.12. The number of para-hydroxylation sites is 1. The number of aliphatic hydroxyl groups excluding tert-OH is 1. The fourth-order valence-electron chi connectivity index (χ4n) is 1.90. The Morgan fingerprint density at radius 2 is 2.11 bits per heavy atom. The zero-order valence-electron chi connectivity index (χ0n) is 9.68. The molecule has 0 bridgehead atoms. The highest BCUT2D eigenvalue weighted by molar-refractivity contribution is 6.29. The molecule has 0 aliphatic carbocycles. The van der Waals surface area contributed by atoms with Crippen LogP contribution in [0.2, 0.25) is 5.15 Å². The Bertz CT molecular complexity index is 724. The first-order chi connectivity index (χ1) is 9.15. The molecule has 0 amide bonds. The first-order valence-electron chi connectivity index (χ1n) is 5.62. The van der Waals surface area contributed by atoms with Gasteiger partial charge in [0.05, 0.1) is 0 Å². The molecule has 0 saturated carbocycles. The Morgan fingerprint density at radius 1 is 1.26 bits per heavy atom. The second kappa shape index (κ2) is 4.64. The van der Waals surface area contributed by atoms with E-state index < -0.39 is 11.9 Å². The Kier molecular flexibility index (Phi) is 2.97. The number of pyridine rings is 1. The summed E-state index contributed by atoms with van der Waals surface area (Å²) in [5.41, 5.74) is 0.669. The van der Waals surface area contributed by atoms with Crippen molar-refractivity contribution < 1.29 is 13.9 Å². The standard InChI is InChI=1S/C14H9ClFNO2/c15-12-5-4-9(7-17-12)13(18)11-6-8-2-1-3-10(16)14(8)19-11/h1-7,13,18H. The molecule has 1 N–H and O–H groups in total. The number of nitrogens with zero attached hydrogens (tertiary/aromatic N) is 1. The van der Waals surface area contributed by atoms with Crippen molar-refractivity contribution in [2.75, 3.05) is 0 Å². The molecule has 1 atom stereocenters. The van der Waals surface area contributed by atoms with Gasteiger partial charge >= 0.3 is 0 Å². The van der Waals surface area contributed by atoms with Gasteiger partial charge in [0.2, 0.25) is 0 Å². The Hall–Kier alpha value is -1.91. The van der Waals surface area contributed by atoms with Crippen LogP contribution in [0.5, 0.6) is 0 Å². The molecule has 0 radical (unpaired) electrons. The highest BCUT2D eigenvalue weighted by atomic mass is 35.5. The number of halogens is 2. The van der Waals surface area contributed by atoms with E-state index in [0.717, 1.165) is 0 Å². The lowest BCUT2D eigenvalue weighted by Gasteiger charge is -2.06. The van der Waals surface area contributed by atoms with Crippen molar-refractivity contribution in [3.63, 3.8) is 0 Å². The number of benzene rings is 1. The normalized spacial score (nSPS) is 12.8. The third-order valence-corrected chi connectivity index (χ3v) is 3.07. The van der Waals surface area contributed by atoms with Crippen molar-refractivity contribution in [2.45, 2.75) is 6.10 Å². The average molecular weight is 278 g/mol. The van der Waals surface area contributed by atoms with Crippen molar-refractivity contribution in [3.8, 4) is 0 Å². The van der Waals surface area contributed by atoms with Gasteiger partial charge in [0.25, 0.3) is 0 Å². The average Bonchev–Trinajstić information content (AvgIpc) is 2.84. The molecule has 0 spiro atoms. The van der Waals surface area contributed by atoms with Crippen molar-refractivity contribution in [3.05, 3.63) is 64.9 Å². The summed E-state index contributed by atoms with van der Waals surface area (Å²) >= 11 is 5.68. The molecule has 0 aliphatic rings. The largest absolute Gasteiger partial charge is 0.455 e. The van der Waals surface area contributed by atoms with E-state index in [9.17, 15) is 9.50 Å². The minimum atomic E-state index is -1.00. The van der Waals surface area contributed by atoms with Gasteiger partial charge in [-0.05, 0) is 18.2 Å². The van der Waals surface area contributed by atoms with E-state index in [1.54, 1.807) is 30.3 Å². The Morgan fingerprint density at radius 3 is 2.79 bits per heavy atom. The fraction of sp³-hybridized carbons (Fsp3) is 0.0714. The number of fused-ring (bicyclic) bond motifs is 1. The molecule has 0 aliphatic heterocycles. The molecule has 0 fully saturated rings. The van der Waals surface area contributed by atoms with Crippen molar-refractivity contribution in [2.24, 2.45) is 0 Å². The minimum absolute atomic E-state index is 0.137. The number of aromatic nitrogens is 1. The fourth-order valence-corrected chi connectivity index (χ4v) is 2.01. The van der Waals surface area contributed by atoms with Gasteiger partial charge in [-0.1, -0.05) is 29.8 Å². The lowest BCUT2D eigenvalue weighted by Crippen LogP contribution is -1.98. The van der Waals surface area contributed by atoms with E-state index in [0.29, 0.717) is 16.1 Å². The van der Waals surface area contributed by atoms with Crippen LogP contribution in [0.4, 0.5) is 4.39 Å². The summed E-state index contributed by atoms with van der Waals surface area (Å²) in [5.74, 6) is -0.186. The van der Waals surface area contributed by atoms with Gasteiger partial charge in [0.15, 0.2) is 11.4 Å². The summed E-state index contributed by atoms with van der Waals surface area (Å²) in [4.78, 5) is 3.89. The van der Waals surface area contributed by atoms with Crippen LogP contribution < -0.4 is 0 Å². The zero-order chi connectivity index (χ0) is 13.4. The van der Waals surface area contributed by atoms with Gasteiger partial charge in [-0.3, -0.25) is 0 Å². The second-order valence-corrected chi connectivity index (χ2v) is 4.51. The summed E-state index contributed by atoms with van der Waals surface area (Å²) in [5, 5.41) is 11.1. The number of furan rings is 1. The van der Waals surface area contributed by atoms with E-state index >= 15 is 0 Å². The molecule has 96 valence electrons. The van der Waals surface area contributed by atoms with E-state index in [1.165, 1.54) is 12.3 Å². The van der Waals surface area contributed by atoms with E-state index in [2.05, 4.69) is 4.98 Å². The van der Waals surface area contributed by atoms with Crippen LogP contribution in [-0.2, 0) is 0 Å². The molecule has 2 heterocycles. The number of aliphatic hydroxyl groups is 1. The van der Waals surface area contributed by atoms with Crippen LogP contribution in [0, 0.1) is 5.82 Å². The SMILES string of the molecule is OC(c1ccc(Cl)nc1)c1cc2cccc(F)c2o1. The molecular formula is C14H9ClFNO2. The van der Waals surface area contributed by atoms with Crippen LogP contribution in [0.25, 0.3) is 11.0 Å². The smallest absolute Gasteiger partial charge is 0.170 e. The van der Waals surface area contributed by atoms with Crippen LogP contribution in [0.15, 0.2) is 47.0 Å². The zero-order valence-corrected chi connectivity index (χ0v) is 10.4. The molecule has 2 aromatic heterocycles. The van der Waals surface area contributed by atoms with E-state index in [4.69, 9.17) is 16.0 Å². The maximum absolute atomic E-state index is 13.5. The van der Waals surface area contributed by atoms with Gasteiger partial charge in [0.1, 0.15) is 17.0 Å². The Labute approximate surface area is 113 Å². The van der Waals surface area contributed by atoms with Crippen LogP contribution >= 0.6 is 11.6 Å². The van der Waals surface area contributed by atoms with Crippen LogP contribution in [0.1, 0.15) is 17.4 Å². The van der Waals surface area contributed by atoms with E-state index in [-0.39, 0.29) is 11.3 Å². The van der Waals surface area contributed by atoms with Gasteiger partial charge in [0, 0.05) is 17.1 Å². The highest BCUT2D eigenvalue weighted by Gasteiger charge is 2.17. The van der Waals surface area contributed by atoms with Crippen LogP contribution in [-0.4, -0.2) is 10.1 Å². The monoisotopic (exact) mass is 277 g/mol. The third-order valence-electron chi connectivity index (χ3n) is 2.85. The molecule has 1 aromatic carbocycles. The van der Waals surface area contributed by atoms with Crippen LogP contribution in [0.3, 0.4) is 0 Å². The van der Waals surface area contributed by atoms with Gasteiger partial charge < -0.3 is 9.52 Å². The molecule has 3 nitrogen and oxygen atoms in total. The topological polar surface area (TPSA) is 46.3 Å². The number of rotatable bonds is 2.